The van der Waals surface area contributed by atoms with Gasteiger partial charge in [-0.05, 0) is 32.0 Å². The Hall–Kier alpha value is -2.58. The van der Waals surface area contributed by atoms with E-state index >= 15 is 0 Å². The van der Waals surface area contributed by atoms with Crippen LogP contribution in [0.1, 0.15) is 34.6 Å². The van der Waals surface area contributed by atoms with Crippen LogP contribution in [0.3, 0.4) is 0 Å². The Morgan fingerprint density at radius 2 is 1.87 bits per heavy atom. The van der Waals surface area contributed by atoms with Gasteiger partial charge in [0.05, 0.1) is 28.4 Å². The van der Waals surface area contributed by atoms with Crippen LogP contribution in [0, 0.1) is 0 Å². The van der Waals surface area contributed by atoms with Crippen molar-refractivity contribution in [1.82, 2.24) is 20.1 Å². The molecule has 8 heteroatoms. The minimum absolute atomic E-state index is 0.0837. The van der Waals surface area contributed by atoms with Crippen molar-refractivity contribution in [2.24, 2.45) is 0 Å². The number of nitrogens with zero attached hydrogens (tertiary/aromatic N) is 3. The largest absolute Gasteiger partial charge is 0.381 e. The fraction of sp³-hybridized carbons (Fsp3) is 0.435. The number of hydrogen-bond acceptors (Lipinski definition) is 6. The summed E-state index contributed by atoms with van der Waals surface area (Å²) in [6.45, 7) is 7.59. The van der Waals surface area contributed by atoms with Crippen LogP contribution in [-0.2, 0) is 0 Å². The molecule has 2 aliphatic heterocycles. The molecule has 2 N–H and O–H groups in total. The number of pyridine rings is 1. The number of anilines is 1. The van der Waals surface area contributed by atoms with Crippen molar-refractivity contribution in [3.8, 4) is 11.3 Å². The maximum atomic E-state index is 13.7. The van der Waals surface area contributed by atoms with Crippen molar-refractivity contribution in [2.45, 2.75) is 19.9 Å². The van der Waals surface area contributed by atoms with Gasteiger partial charge in [0.1, 0.15) is 0 Å². The normalized spacial score (nSPS) is 16.6. The molecule has 0 atom stereocenters. The lowest BCUT2D eigenvalue weighted by atomic mass is 9.95. The first-order chi connectivity index (χ1) is 15.1. The quantitative estimate of drug-likeness (QED) is 0.746. The number of amides is 2. The third kappa shape index (κ3) is 4.70. The highest BCUT2D eigenvalue weighted by molar-refractivity contribution is 7.99. The number of carbonyl (C=O) groups is 2. The van der Waals surface area contributed by atoms with Gasteiger partial charge in [-0.15, -0.1) is 11.8 Å². The summed E-state index contributed by atoms with van der Waals surface area (Å²) in [6, 6.07) is 9.59. The van der Waals surface area contributed by atoms with Crippen molar-refractivity contribution in [3.05, 3.63) is 47.7 Å². The molecule has 2 fully saturated rings. The predicted molar refractivity (Wildman–Crippen MR) is 126 cm³/mol. The van der Waals surface area contributed by atoms with Gasteiger partial charge in [0.2, 0.25) is 0 Å². The van der Waals surface area contributed by atoms with E-state index in [0.717, 1.165) is 24.5 Å². The summed E-state index contributed by atoms with van der Waals surface area (Å²) in [5.41, 5.74) is 3.17. The summed E-state index contributed by atoms with van der Waals surface area (Å²) in [5, 5.41) is 6.71. The van der Waals surface area contributed by atoms with E-state index in [1.54, 1.807) is 24.0 Å². The topological polar surface area (TPSA) is 77.6 Å². The maximum Gasteiger partial charge on any atom is 0.255 e. The molecule has 0 aliphatic carbocycles. The summed E-state index contributed by atoms with van der Waals surface area (Å²) in [5.74, 6) is 1.40. The molecule has 7 nitrogen and oxygen atoms in total. The van der Waals surface area contributed by atoms with Gasteiger partial charge in [0.25, 0.3) is 11.8 Å². The Labute approximate surface area is 187 Å². The molecular weight excluding hydrogens is 410 g/mol. The molecule has 2 saturated heterocycles. The van der Waals surface area contributed by atoms with E-state index in [4.69, 9.17) is 0 Å². The van der Waals surface area contributed by atoms with Crippen LogP contribution in [0.15, 0.2) is 36.5 Å². The van der Waals surface area contributed by atoms with Crippen LogP contribution in [0.25, 0.3) is 11.3 Å². The molecule has 0 bridgehead atoms. The number of rotatable bonds is 5. The van der Waals surface area contributed by atoms with Gasteiger partial charge in [-0.3, -0.25) is 14.6 Å². The molecule has 164 valence electrons. The predicted octanol–water partition coefficient (Wildman–Crippen LogP) is 2.76. The number of benzene rings is 1. The van der Waals surface area contributed by atoms with E-state index in [0.29, 0.717) is 47.9 Å². The van der Waals surface area contributed by atoms with Gasteiger partial charge in [0, 0.05) is 56.3 Å². The lowest BCUT2D eigenvalue weighted by molar-refractivity contribution is 0.0719. The zero-order chi connectivity index (χ0) is 21.8. The molecule has 2 aliphatic rings. The highest BCUT2D eigenvalue weighted by atomic mass is 32.2. The lowest BCUT2D eigenvalue weighted by Crippen LogP contribution is -2.47. The molecule has 4 rings (SSSR count). The van der Waals surface area contributed by atoms with E-state index in [-0.39, 0.29) is 17.9 Å². The second-order valence-electron chi connectivity index (χ2n) is 8.07. The first kappa shape index (κ1) is 21.6. The van der Waals surface area contributed by atoms with Crippen molar-refractivity contribution >= 4 is 29.3 Å². The average Bonchev–Trinajstić information content (AvgIpc) is 3.33. The molecule has 0 unspecified atom stereocenters. The number of carbonyl (C=O) groups excluding carboxylic acids is 2. The zero-order valence-electron chi connectivity index (χ0n) is 18.1. The van der Waals surface area contributed by atoms with Crippen LogP contribution < -0.4 is 10.6 Å². The lowest BCUT2D eigenvalue weighted by Gasteiger charge is -2.29. The zero-order valence-corrected chi connectivity index (χ0v) is 18.9. The van der Waals surface area contributed by atoms with E-state index in [2.05, 4.69) is 29.5 Å². The Bertz CT molecular complexity index is 953. The minimum Gasteiger partial charge on any atom is -0.381 e. The molecular formula is C23H29N5O2S. The number of nitrogens with one attached hydrogen (secondary N) is 2. The molecule has 0 saturated carbocycles. The van der Waals surface area contributed by atoms with Crippen molar-refractivity contribution < 1.29 is 9.59 Å². The van der Waals surface area contributed by atoms with Crippen LogP contribution in [-0.4, -0.2) is 77.0 Å². The smallest absolute Gasteiger partial charge is 0.255 e. The Morgan fingerprint density at radius 3 is 2.58 bits per heavy atom. The fourth-order valence-electron chi connectivity index (χ4n) is 3.98. The number of aromatic nitrogens is 1. The molecule has 0 spiro atoms. The van der Waals surface area contributed by atoms with Crippen molar-refractivity contribution in [1.29, 1.82) is 0 Å². The molecule has 2 amide bonds. The monoisotopic (exact) mass is 439 g/mol. The first-order valence-corrected chi connectivity index (χ1v) is 11.9. The molecule has 3 heterocycles. The number of hydrogen-bond donors (Lipinski definition) is 2. The van der Waals surface area contributed by atoms with Gasteiger partial charge < -0.3 is 20.4 Å². The number of thioether (sulfide) groups is 1. The van der Waals surface area contributed by atoms with Crippen molar-refractivity contribution in [2.75, 3.05) is 49.7 Å². The Kier molecular flexibility index (Phi) is 6.77. The van der Waals surface area contributed by atoms with E-state index in [1.165, 1.54) is 0 Å². The molecule has 1 aromatic carbocycles. The number of piperazine rings is 1. The van der Waals surface area contributed by atoms with Crippen LogP contribution >= 0.6 is 11.8 Å². The van der Waals surface area contributed by atoms with E-state index in [9.17, 15) is 9.59 Å². The Balaban J connectivity index is 1.84. The standard InChI is InChI=1S/C23H29N5O2S/c1-16(2)26-19-7-4-8-25-21(19)17-5-3-6-18(22(29)28-13-14-31-15-28)20(17)23(30)27-11-9-24-10-12-27/h3-8,16,24,26H,9-15H2,1-2H3. The SMILES string of the molecule is CC(C)Nc1cccnc1-c1cccc(C(=O)N2CCSC2)c1C(=O)N1CCNCC1. The van der Waals surface area contributed by atoms with Crippen LogP contribution in [0.4, 0.5) is 5.69 Å². The highest BCUT2D eigenvalue weighted by Gasteiger charge is 2.30. The fourth-order valence-corrected chi connectivity index (χ4v) is 4.92. The van der Waals surface area contributed by atoms with Gasteiger partial charge in [-0.25, -0.2) is 0 Å². The molecule has 1 aromatic heterocycles. The highest BCUT2D eigenvalue weighted by Crippen LogP contribution is 2.33. The average molecular weight is 440 g/mol. The second-order valence-corrected chi connectivity index (χ2v) is 9.15. The summed E-state index contributed by atoms with van der Waals surface area (Å²) in [7, 11) is 0. The van der Waals surface area contributed by atoms with Crippen LogP contribution in [0.2, 0.25) is 0 Å². The Morgan fingerprint density at radius 1 is 1.06 bits per heavy atom. The third-order valence-corrected chi connectivity index (χ3v) is 6.43. The summed E-state index contributed by atoms with van der Waals surface area (Å²) in [4.78, 5) is 35.4. The third-order valence-electron chi connectivity index (χ3n) is 5.46. The molecule has 2 aromatic rings. The van der Waals surface area contributed by atoms with E-state index in [1.807, 2.05) is 34.1 Å². The minimum atomic E-state index is -0.103. The van der Waals surface area contributed by atoms with Crippen molar-refractivity contribution in [3.63, 3.8) is 0 Å². The van der Waals surface area contributed by atoms with Gasteiger partial charge >= 0.3 is 0 Å². The maximum absolute atomic E-state index is 13.7. The second kappa shape index (κ2) is 9.70. The van der Waals surface area contributed by atoms with Gasteiger partial charge in [-0.2, -0.15) is 0 Å². The van der Waals surface area contributed by atoms with Gasteiger partial charge in [0.15, 0.2) is 0 Å². The summed E-state index contributed by atoms with van der Waals surface area (Å²) < 4.78 is 0. The molecule has 31 heavy (non-hydrogen) atoms. The molecule has 0 radical (unpaired) electrons. The van der Waals surface area contributed by atoms with Gasteiger partial charge in [-0.1, -0.05) is 12.1 Å². The first-order valence-electron chi connectivity index (χ1n) is 10.8. The van der Waals surface area contributed by atoms with Crippen LogP contribution in [0.5, 0.6) is 0 Å². The summed E-state index contributed by atoms with van der Waals surface area (Å²) in [6.07, 6.45) is 1.73. The summed E-state index contributed by atoms with van der Waals surface area (Å²) >= 11 is 1.74. The van der Waals surface area contributed by atoms with E-state index < -0.39 is 0 Å².